The molecule has 2 rings (SSSR count). The van der Waals surface area contributed by atoms with Crippen molar-refractivity contribution in [2.75, 3.05) is 19.7 Å². The van der Waals surface area contributed by atoms with Crippen LogP contribution in [0, 0.1) is 5.92 Å². The molecule has 23 heavy (non-hydrogen) atoms. The first kappa shape index (κ1) is 17.8. The quantitative estimate of drug-likeness (QED) is 0.791. The van der Waals surface area contributed by atoms with Gasteiger partial charge < -0.3 is 9.64 Å². The SMILES string of the molecule is CCOC(=O)[C@@H]1CCCN(C(=O)C(C)(C)c2ccc(Cl)cc2)C1. The minimum absolute atomic E-state index is 0.0359. The monoisotopic (exact) mass is 337 g/mol. The fraction of sp³-hybridized carbons (Fsp3) is 0.556. The number of rotatable bonds is 4. The Morgan fingerprint density at radius 1 is 1.30 bits per heavy atom. The van der Waals surface area contributed by atoms with Crippen LogP contribution in [0.3, 0.4) is 0 Å². The molecular weight excluding hydrogens is 314 g/mol. The van der Waals surface area contributed by atoms with Gasteiger partial charge in [-0.1, -0.05) is 23.7 Å². The number of benzene rings is 1. The summed E-state index contributed by atoms with van der Waals surface area (Å²) < 4.78 is 5.10. The molecule has 1 aromatic carbocycles. The second-order valence-corrected chi connectivity index (χ2v) is 6.91. The van der Waals surface area contributed by atoms with Crippen LogP contribution in [0.1, 0.15) is 39.2 Å². The van der Waals surface area contributed by atoms with E-state index in [2.05, 4.69) is 0 Å². The number of carbonyl (C=O) groups excluding carboxylic acids is 2. The van der Waals surface area contributed by atoms with Crippen molar-refractivity contribution in [1.29, 1.82) is 0 Å². The number of nitrogens with zero attached hydrogens (tertiary/aromatic N) is 1. The van der Waals surface area contributed by atoms with E-state index < -0.39 is 5.41 Å². The molecule has 5 heteroatoms. The normalized spacial score (nSPS) is 18.6. The van der Waals surface area contributed by atoms with Gasteiger partial charge in [-0.2, -0.15) is 0 Å². The van der Waals surface area contributed by atoms with E-state index in [0.717, 1.165) is 18.4 Å². The molecule has 0 radical (unpaired) electrons. The van der Waals surface area contributed by atoms with Crippen molar-refractivity contribution >= 4 is 23.5 Å². The summed E-state index contributed by atoms with van der Waals surface area (Å²) in [5, 5.41) is 0.650. The van der Waals surface area contributed by atoms with Crippen LogP contribution < -0.4 is 0 Å². The van der Waals surface area contributed by atoms with Crippen LogP contribution in [0.4, 0.5) is 0 Å². The van der Waals surface area contributed by atoms with Crippen LogP contribution >= 0.6 is 11.6 Å². The summed E-state index contributed by atoms with van der Waals surface area (Å²) in [6, 6.07) is 7.35. The third-order valence-corrected chi connectivity index (χ3v) is 4.68. The van der Waals surface area contributed by atoms with E-state index in [-0.39, 0.29) is 17.8 Å². The smallest absolute Gasteiger partial charge is 0.310 e. The number of carbonyl (C=O) groups is 2. The summed E-state index contributed by atoms with van der Waals surface area (Å²) >= 11 is 5.93. The lowest BCUT2D eigenvalue weighted by Gasteiger charge is -2.37. The topological polar surface area (TPSA) is 46.6 Å². The van der Waals surface area contributed by atoms with E-state index in [1.54, 1.807) is 24.0 Å². The Hall–Kier alpha value is -1.55. The van der Waals surface area contributed by atoms with Gasteiger partial charge in [0.25, 0.3) is 0 Å². The molecule has 0 aromatic heterocycles. The van der Waals surface area contributed by atoms with Crippen LogP contribution in [0.15, 0.2) is 24.3 Å². The first-order valence-corrected chi connectivity index (χ1v) is 8.46. The fourth-order valence-corrected chi connectivity index (χ4v) is 3.13. The molecular formula is C18H24ClNO3. The largest absolute Gasteiger partial charge is 0.466 e. The summed E-state index contributed by atoms with van der Waals surface area (Å²) in [7, 11) is 0. The molecule has 0 unspecified atom stereocenters. The number of amides is 1. The van der Waals surface area contributed by atoms with Gasteiger partial charge in [0.05, 0.1) is 17.9 Å². The number of hydrogen-bond donors (Lipinski definition) is 0. The second kappa shape index (κ2) is 7.35. The Kier molecular flexibility index (Phi) is 5.69. The summed E-state index contributed by atoms with van der Waals surface area (Å²) in [5.74, 6) is -0.378. The number of piperidine rings is 1. The van der Waals surface area contributed by atoms with Crippen molar-refractivity contribution in [3.8, 4) is 0 Å². The lowest BCUT2D eigenvalue weighted by Crippen LogP contribution is -2.49. The van der Waals surface area contributed by atoms with E-state index in [9.17, 15) is 9.59 Å². The van der Waals surface area contributed by atoms with Crippen LogP contribution in [-0.4, -0.2) is 36.5 Å². The van der Waals surface area contributed by atoms with E-state index >= 15 is 0 Å². The van der Waals surface area contributed by atoms with Gasteiger partial charge in [0.1, 0.15) is 0 Å². The van der Waals surface area contributed by atoms with E-state index in [4.69, 9.17) is 16.3 Å². The highest BCUT2D eigenvalue weighted by Gasteiger charge is 2.37. The molecule has 1 atom stereocenters. The standard InChI is InChI=1S/C18H24ClNO3/c1-4-23-16(21)13-6-5-11-20(12-13)17(22)18(2,3)14-7-9-15(19)10-8-14/h7-10,13H,4-6,11-12H2,1-3H3/t13-/m1/s1. The summed E-state index contributed by atoms with van der Waals surface area (Å²) in [6.45, 7) is 7.12. The van der Waals surface area contributed by atoms with Gasteiger partial charge in [-0.15, -0.1) is 0 Å². The Labute approximate surface area is 142 Å². The maximum atomic E-state index is 13.0. The number of halogens is 1. The van der Waals surface area contributed by atoms with Gasteiger partial charge in [0, 0.05) is 18.1 Å². The zero-order chi connectivity index (χ0) is 17.0. The predicted octanol–water partition coefficient (Wildman–Crippen LogP) is 3.42. The summed E-state index contributed by atoms with van der Waals surface area (Å²) in [4.78, 5) is 26.7. The van der Waals surface area contributed by atoms with E-state index in [0.29, 0.717) is 24.7 Å². The molecule has 0 spiro atoms. The van der Waals surface area contributed by atoms with Crippen molar-refractivity contribution in [1.82, 2.24) is 4.90 Å². The first-order valence-electron chi connectivity index (χ1n) is 8.08. The molecule has 0 bridgehead atoms. The van der Waals surface area contributed by atoms with E-state index in [1.807, 2.05) is 26.0 Å². The predicted molar refractivity (Wildman–Crippen MR) is 90.4 cm³/mol. The maximum absolute atomic E-state index is 13.0. The molecule has 1 heterocycles. The third-order valence-electron chi connectivity index (χ3n) is 4.43. The van der Waals surface area contributed by atoms with Crippen molar-refractivity contribution < 1.29 is 14.3 Å². The summed E-state index contributed by atoms with van der Waals surface area (Å²) in [5.41, 5.74) is 0.270. The zero-order valence-electron chi connectivity index (χ0n) is 14.0. The lowest BCUT2D eigenvalue weighted by molar-refractivity contribution is -0.152. The maximum Gasteiger partial charge on any atom is 0.310 e. The highest BCUT2D eigenvalue weighted by molar-refractivity contribution is 6.30. The van der Waals surface area contributed by atoms with Gasteiger partial charge in [0.2, 0.25) is 5.91 Å². The van der Waals surface area contributed by atoms with Crippen LogP contribution in [0.2, 0.25) is 5.02 Å². The van der Waals surface area contributed by atoms with Crippen molar-refractivity contribution in [2.45, 2.75) is 39.0 Å². The minimum atomic E-state index is -0.652. The van der Waals surface area contributed by atoms with E-state index in [1.165, 1.54) is 0 Å². The Morgan fingerprint density at radius 3 is 2.57 bits per heavy atom. The minimum Gasteiger partial charge on any atom is -0.466 e. The molecule has 4 nitrogen and oxygen atoms in total. The third kappa shape index (κ3) is 4.05. The van der Waals surface area contributed by atoms with Gasteiger partial charge in [-0.05, 0) is 51.3 Å². The average Bonchev–Trinajstić information content (AvgIpc) is 2.55. The molecule has 1 aliphatic heterocycles. The number of esters is 1. The number of ether oxygens (including phenoxy) is 1. The molecule has 1 fully saturated rings. The Balaban J connectivity index is 2.12. The van der Waals surface area contributed by atoms with Gasteiger partial charge >= 0.3 is 5.97 Å². The van der Waals surface area contributed by atoms with Crippen LogP contribution in [-0.2, 0) is 19.7 Å². The molecule has 1 aliphatic rings. The van der Waals surface area contributed by atoms with Crippen LogP contribution in [0.5, 0.6) is 0 Å². The Bertz CT molecular complexity index is 568. The van der Waals surface area contributed by atoms with Crippen molar-refractivity contribution in [3.63, 3.8) is 0 Å². The number of hydrogen-bond acceptors (Lipinski definition) is 3. The molecule has 1 amide bonds. The van der Waals surface area contributed by atoms with Gasteiger partial charge in [0.15, 0.2) is 0 Å². The molecule has 0 N–H and O–H groups in total. The average molecular weight is 338 g/mol. The highest BCUT2D eigenvalue weighted by atomic mass is 35.5. The Morgan fingerprint density at radius 2 is 1.96 bits per heavy atom. The first-order chi connectivity index (χ1) is 10.9. The fourth-order valence-electron chi connectivity index (χ4n) is 3.00. The molecule has 0 aliphatic carbocycles. The van der Waals surface area contributed by atoms with Crippen molar-refractivity contribution in [2.24, 2.45) is 5.92 Å². The molecule has 126 valence electrons. The van der Waals surface area contributed by atoms with Gasteiger partial charge in [-0.25, -0.2) is 0 Å². The number of likely N-dealkylation sites (tertiary alicyclic amines) is 1. The second-order valence-electron chi connectivity index (χ2n) is 6.47. The molecule has 1 aromatic rings. The van der Waals surface area contributed by atoms with Crippen molar-refractivity contribution in [3.05, 3.63) is 34.9 Å². The molecule has 1 saturated heterocycles. The lowest BCUT2D eigenvalue weighted by atomic mass is 9.82. The van der Waals surface area contributed by atoms with Crippen LogP contribution in [0.25, 0.3) is 0 Å². The van der Waals surface area contributed by atoms with Gasteiger partial charge in [-0.3, -0.25) is 9.59 Å². The molecule has 0 saturated carbocycles. The zero-order valence-corrected chi connectivity index (χ0v) is 14.7. The summed E-state index contributed by atoms with van der Waals surface area (Å²) in [6.07, 6.45) is 1.61. The highest BCUT2D eigenvalue weighted by Crippen LogP contribution is 2.29.